The molecule has 0 atom stereocenters. The molecule has 22 heavy (non-hydrogen) atoms. The average Bonchev–Trinajstić information content (AvgIpc) is 3.15. The summed E-state index contributed by atoms with van der Waals surface area (Å²) in [4.78, 5) is 24.5. The van der Waals surface area contributed by atoms with Gasteiger partial charge in [0.25, 0.3) is 0 Å². The quantitative estimate of drug-likeness (QED) is 0.516. The summed E-state index contributed by atoms with van der Waals surface area (Å²) < 4.78 is 3.32. The third-order valence-electron chi connectivity index (χ3n) is 3.21. The SMILES string of the molecule is O=C(O)c1csc2c(C(=O)O)c(-c3cc4sccc4s3)sc12. The lowest BCUT2D eigenvalue weighted by Gasteiger charge is -1.95. The van der Waals surface area contributed by atoms with E-state index in [4.69, 9.17) is 0 Å². The van der Waals surface area contributed by atoms with E-state index < -0.39 is 11.9 Å². The van der Waals surface area contributed by atoms with E-state index in [0.29, 0.717) is 14.3 Å². The van der Waals surface area contributed by atoms with Crippen LogP contribution in [0.1, 0.15) is 20.7 Å². The Labute approximate surface area is 139 Å². The highest BCUT2D eigenvalue weighted by Crippen LogP contribution is 2.47. The fourth-order valence-electron chi connectivity index (χ4n) is 2.27. The molecule has 0 aliphatic heterocycles. The Hall–Kier alpha value is -1.74. The first kappa shape index (κ1) is 13.9. The predicted molar refractivity (Wildman–Crippen MR) is 92.3 cm³/mol. The minimum atomic E-state index is -1.02. The van der Waals surface area contributed by atoms with E-state index in [1.807, 2.05) is 17.5 Å². The van der Waals surface area contributed by atoms with Crippen molar-refractivity contribution >= 4 is 76.1 Å². The summed E-state index contributed by atoms with van der Waals surface area (Å²) in [7, 11) is 0. The summed E-state index contributed by atoms with van der Waals surface area (Å²) in [6.07, 6.45) is 0. The van der Waals surface area contributed by atoms with E-state index in [1.54, 1.807) is 11.3 Å². The molecule has 4 heterocycles. The molecule has 4 nitrogen and oxygen atoms in total. The molecule has 0 spiro atoms. The minimum absolute atomic E-state index is 0.178. The summed E-state index contributed by atoms with van der Waals surface area (Å²) in [5.74, 6) is -2.04. The van der Waals surface area contributed by atoms with E-state index in [9.17, 15) is 19.8 Å². The van der Waals surface area contributed by atoms with Gasteiger partial charge in [-0.1, -0.05) is 0 Å². The van der Waals surface area contributed by atoms with Crippen LogP contribution in [0.5, 0.6) is 0 Å². The molecule has 4 aromatic heterocycles. The number of rotatable bonds is 3. The summed E-state index contributed by atoms with van der Waals surface area (Å²) >= 11 is 5.57. The van der Waals surface area contributed by atoms with Crippen molar-refractivity contribution in [2.45, 2.75) is 0 Å². The maximum Gasteiger partial charge on any atom is 0.338 e. The van der Waals surface area contributed by atoms with E-state index in [2.05, 4.69) is 0 Å². The summed E-state index contributed by atoms with van der Waals surface area (Å²) in [5.41, 5.74) is 0.392. The van der Waals surface area contributed by atoms with Gasteiger partial charge in [0.15, 0.2) is 0 Å². The second-order valence-electron chi connectivity index (χ2n) is 4.48. The van der Waals surface area contributed by atoms with Gasteiger partial charge in [0.05, 0.1) is 25.4 Å². The number of thiophene rings is 4. The van der Waals surface area contributed by atoms with Gasteiger partial charge in [-0.3, -0.25) is 0 Å². The van der Waals surface area contributed by atoms with Gasteiger partial charge >= 0.3 is 11.9 Å². The average molecular weight is 366 g/mol. The van der Waals surface area contributed by atoms with Crippen LogP contribution in [0.4, 0.5) is 0 Å². The fourth-order valence-corrected chi connectivity index (χ4v) is 7.07. The molecule has 4 aromatic rings. The second kappa shape index (κ2) is 4.88. The largest absolute Gasteiger partial charge is 0.478 e. The third kappa shape index (κ3) is 1.92. The second-order valence-corrected chi connectivity index (χ2v) is 8.42. The fraction of sp³-hybridized carbons (Fsp3) is 0. The van der Waals surface area contributed by atoms with Crippen molar-refractivity contribution in [2.24, 2.45) is 0 Å². The zero-order valence-electron chi connectivity index (χ0n) is 10.7. The Bertz CT molecular complexity index is 1020. The lowest BCUT2D eigenvalue weighted by atomic mass is 10.2. The molecule has 0 radical (unpaired) electrons. The molecule has 0 fully saturated rings. The summed E-state index contributed by atoms with van der Waals surface area (Å²) in [5, 5.41) is 22.3. The highest BCUT2D eigenvalue weighted by molar-refractivity contribution is 7.34. The maximum absolute atomic E-state index is 11.7. The van der Waals surface area contributed by atoms with Gasteiger partial charge in [0.2, 0.25) is 0 Å². The minimum Gasteiger partial charge on any atom is -0.478 e. The molecule has 0 bridgehead atoms. The first-order valence-corrected chi connectivity index (χ1v) is 9.43. The zero-order chi connectivity index (χ0) is 15.4. The molecule has 110 valence electrons. The van der Waals surface area contributed by atoms with Crippen molar-refractivity contribution in [3.05, 3.63) is 34.0 Å². The smallest absolute Gasteiger partial charge is 0.338 e. The van der Waals surface area contributed by atoms with Gasteiger partial charge < -0.3 is 10.2 Å². The molecule has 0 saturated heterocycles. The first-order chi connectivity index (χ1) is 10.6. The Morgan fingerprint density at radius 3 is 2.45 bits per heavy atom. The monoisotopic (exact) mass is 366 g/mol. The molecule has 2 N–H and O–H groups in total. The number of carbonyl (C=O) groups is 2. The summed E-state index contributed by atoms with van der Waals surface area (Å²) in [6, 6.07) is 3.99. The number of carboxylic acids is 2. The molecule has 0 aliphatic carbocycles. The van der Waals surface area contributed by atoms with Crippen molar-refractivity contribution in [1.82, 2.24) is 0 Å². The molecule has 0 aliphatic rings. The highest BCUT2D eigenvalue weighted by Gasteiger charge is 2.25. The highest BCUT2D eigenvalue weighted by atomic mass is 32.1. The Morgan fingerprint density at radius 2 is 1.77 bits per heavy atom. The van der Waals surface area contributed by atoms with Crippen molar-refractivity contribution in [3.63, 3.8) is 0 Å². The Kier molecular flexibility index (Phi) is 3.08. The predicted octanol–water partition coefficient (Wildman–Crippen LogP) is 5.30. The maximum atomic E-state index is 11.7. The Morgan fingerprint density at radius 1 is 0.955 bits per heavy atom. The van der Waals surface area contributed by atoms with Gasteiger partial charge in [0, 0.05) is 19.7 Å². The lowest BCUT2D eigenvalue weighted by molar-refractivity contribution is 0.0688. The van der Waals surface area contributed by atoms with Crippen molar-refractivity contribution in [3.8, 4) is 9.75 Å². The van der Waals surface area contributed by atoms with Gasteiger partial charge in [-0.05, 0) is 17.5 Å². The van der Waals surface area contributed by atoms with Crippen molar-refractivity contribution in [2.75, 3.05) is 0 Å². The number of hydrogen-bond acceptors (Lipinski definition) is 6. The van der Waals surface area contributed by atoms with E-state index >= 15 is 0 Å². The van der Waals surface area contributed by atoms with Crippen LogP contribution in [0.3, 0.4) is 0 Å². The zero-order valence-corrected chi connectivity index (χ0v) is 13.9. The standard InChI is InChI=1S/C14H6O4S4/c15-13(16)5-4-20-12-9(14(17)18)11(22-10(5)12)8-3-7-6(21-8)1-2-19-7/h1-4H,(H,15,16)(H,17,18). The Balaban J connectivity index is 2.03. The van der Waals surface area contributed by atoms with Crippen molar-refractivity contribution < 1.29 is 19.8 Å². The molecule has 8 heteroatoms. The van der Waals surface area contributed by atoms with Crippen LogP contribution in [0.2, 0.25) is 0 Å². The number of aromatic carboxylic acids is 2. The topological polar surface area (TPSA) is 74.6 Å². The van der Waals surface area contributed by atoms with Crippen LogP contribution in [-0.4, -0.2) is 22.2 Å². The van der Waals surface area contributed by atoms with E-state index in [1.165, 1.54) is 39.4 Å². The summed E-state index contributed by atoms with van der Waals surface area (Å²) in [6.45, 7) is 0. The van der Waals surface area contributed by atoms with Crippen molar-refractivity contribution in [1.29, 1.82) is 0 Å². The van der Waals surface area contributed by atoms with Crippen LogP contribution in [0.25, 0.3) is 28.6 Å². The lowest BCUT2D eigenvalue weighted by Crippen LogP contribution is -1.95. The van der Waals surface area contributed by atoms with Gasteiger partial charge in [-0.2, -0.15) is 0 Å². The molecule has 4 rings (SSSR count). The number of fused-ring (bicyclic) bond motifs is 2. The number of carboxylic acid groups (broad SMARTS) is 2. The molecule has 0 amide bonds. The molecule has 0 saturated carbocycles. The van der Waals surface area contributed by atoms with Crippen LogP contribution in [-0.2, 0) is 0 Å². The third-order valence-corrected chi connectivity index (χ3v) is 7.83. The molecule has 0 aromatic carbocycles. The molecular weight excluding hydrogens is 360 g/mol. The number of hydrogen-bond donors (Lipinski definition) is 2. The van der Waals surface area contributed by atoms with Gasteiger partial charge in [0.1, 0.15) is 0 Å². The van der Waals surface area contributed by atoms with Crippen LogP contribution >= 0.6 is 45.3 Å². The molecule has 0 unspecified atom stereocenters. The van der Waals surface area contributed by atoms with Gasteiger partial charge in [-0.15, -0.1) is 45.3 Å². The van der Waals surface area contributed by atoms with E-state index in [-0.39, 0.29) is 11.1 Å². The first-order valence-electron chi connectivity index (χ1n) is 6.04. The van der Waals surface area contributed by atoms with Crippen LogP contribution in [0.15, 0.2) is 22.9 Å². The normalized spacial score (nSPS) is 11.5. The van der Waals surface area contributed by atoms with E-state index in [0.717, 1.165) is 14.3 Å². The van der Waals surface area contributed by atoms with Crippen LogP contribution in [0, 0.1) is 0 Å². The van der Waals surface area contributed by atoms with Crippen LogP contribution < -0.4 is 0 Å². The van der Waals surface area contributed by atoms with Gasteiger partial charge in [-0.25, -0.2) is 9.59 Å². The molecular formula is C14H6O4S4.